The molecular weight excluding hydrogens is 384 g/mol. The van der Waals surface area contributed by atoms with Crippen LogP contribution in [0.15, 0.2) is 47.1 Å². The van der Waals surface area contributed by atoms with Crippen molar-refractivity contribution < 1.29 is 23.8 Å². The smallest absolute Gasteiger partial charge is 0.363 e. The lowest BCUT2D eigenvalue weighted by Gasteiger charge is -2.11. The summed E-state index contributed by atoms with van der Waals surface area (Å²) < 4.78 is 16.2. The number of ether oxygens (including phenoxy) is 3. The molecule has 0 aromatic heterocycles. The van der Waals surface area contributed by atoms with Crippen LogP contribution in [0.4, 0.5) is 0 Å². The van der Waals surface area contributed by atoms with Gasteiger partial charge < -0.3 is 19.5 Å². The lowest BCUT2D eigenvalue weighted by Crippen LogP contribution is -2.28. The number of likely N-dealkylation sites (N-methyl/N-ethyl adjacent to an activating group) is 1. The van der Waals surface area contributed by atoms with E-state index in [4.69, 9.17) is 14.2 Å². The number of carbonyl (C=O) groups is 2. The van der Waals surface area contributed by atoms with Crippen LogP contribution in [0, 0.1) is 13.8 Å². The molecule has 1 aliphatic heterocycles. The maximum Gasteiger partial charge on any atom is 0.363 e. The topological polar surface area (TPSA) is 86.2 Å². The Bertz CT molecular complexity index is 1020. The first kappa shape index (κ1) is 21.1. The Hall–Kier alpha value is -3.61. The summed E-state index contributed by atoms with van der Waals surface area (Å²) in [7, 11) is 1.51. The van der Waals surface area contributed by atoms with Gasteiger partial charge in [0.2, 0.25) is 5.90 Å². The monoisotopic (exact) mass is 408 g/mol. The van der Waals surface area contributed by atoms with E-state index in [0.717, 1.165) is 16.7 Å². The number of nitrogens with one attached hydrogen (secondary N) is 1. The third kappa shape index (κ3) is 5.05. The van der Waals surface area contributed by atoms with Crippen LogP contribution in [0.25, 0.3) is 6.08 Å². The Balaban J connectivity index is 1.82. The molecule has 0 spiro atoms. The van der Waals surface area contributed by atoms with Crippen molar-refractivity contribution in [2.45, 2.75) is 20.8 Å². The van der Waals surface area contributed by atoms with Crippen LogP contribution in [0.3, 0.4) is 0 Å². The highest BCUT2D eigenvalue weighted by Crippen LogP contribution is 2.30. The summed E-state index contributed by atoms with van der Waals surface area (Å²) in [6.45, 7) is 6.22. The molecule has 3 rings (SSSR count). The predicted octanol–water partition coefficient (Wildman–Crippen LogP) is 3.17. The number of esters is 1. The van der Waals surface area contributed by atoms with Gasteiger partial charge in [0.1, 0.15) is 0 Å². The maximum atomic E-state index is 12.3. The van der Waals surface area contributed by atoms with E-state index in [1.54, 1.807) is 24.3 Å². The van der Waals surface area contributed by atoms with Crippen molar-refractivity contribution >= 4 is 23.9 Å². The molecule has 0 radical (unpaired) electrons. The van der Waals surface area contributed by atoms with Gasteiger partial charge in [-0.2, -0.15) is 0 Å². The Morgan fingerprint density at radius 3 is 2.53 bits per heavy atom. The van der Waals surface area contributed by atoms with E-state index >= 15 is 0 Å². The van der Waals surface area contributed by atoms with E-state index in [2.05, 4.69) is 10.3 Å². The Morgan fingerprint density at radius 1 is 1.13 bits per heavy atom. The van der Waals surface area contributed by atoms with Gasteiger partial charge in [0, 0.05) is 12.1 Å². The third-order valence-corrected chi connectivity index (χ3v) is 4.31. The van der Waals surface area contributed by atoms with Gasteiger partial charge in [-0.05, 0) is 56.7 Å². The van der Waals surface area contributed by atoms with Gasteiger partial charge in [-0.25, -0.2) is 9.79 Å². The van der Waals surface area contributed by atoms with E-state index < -0.39 is 5.97 Å². The molecule has 0 saturated heterocycles. The van der Waals surface area contributed by atoms with Crippen molar-refractivity contribution in [1.29, 1.82) is 0 Å². The first-order chi connectivity index (χ1) is 14.4. The fourth-order valence-corrected chi connectivity index (χ4v) is 3.07. The Morgan fingerprint density at radius 2 is 1.87 bits per heavy atom. The quantitative estimate of drug-likeness (QED) is 0.562. The van der Waals surface area contributed by atoms with Gasteiger partial charge in [-0.1, -0.05) is 23.3 Å². The predicted molar refractivity (Wildman–Crippen MR) is 114 cm³/mol. The Kier molecular flexibility index (Phi) is 6.51. The van der Waals surface area contributed by atoms with Gasteiger partial charge in [-0.15, -0.1) is 0 Å². The zero-order valence-electron chi connectivity index (χ0n) is 17.4. The lowest BCUT2D eigenvalue weighted by atomic mass is 10.1. The highest BCUT2D eigenvalue weighted by atomic mass is 16.6. The molecule has 0 atom stereocenters. The first-order valence-corrected chi connectivity index (χ1v) is 9.58. The number of methoxy groups -OCH3 is 1. The molecule has 1 heterocycles. The van der Waals surface area contributed by atoms with Crippen molar-refractivity contribution in [2.24, 2.45) is 4.99 Å². The van der Waals surface area contributed by atoms with E-state index in [1.807, 2.05) is 39.0 Å². The van der Waals surface area contributed by atoms with Crippen LogP contribution in [0.1, 0.15) is 29.2 Å². The summed E-state index contributed by atoms with van der Waals surface area (Å²) in [6, 6.07) is 11.0. The van der Waals surface area contributed by atoms with Crippen LogP contribution in [0.5, 0.6) is 11.5 Å². The number of aryl methyl sites for hydroxylation is 2. The first-order valence-electron chi connectivity index (χ1n) is 9.58. The summed E-state index contributed by atoms with van der Waals surface area (Å²) in [5, 5.41) is 2.66. The highest BCUT2D eigenvalue weighted by Gasteiger charge is 2.24. The summed E-state index contributed by atoms with van der Waals surface area (Å²) in [5.74, 6) is 0.428. The van der Waals surface area contributed by atoms with Crippen molar-refractivity contribution in [3.8, 4) is 11.5 Å². The number of carbonyl (C=O) groups excluding carboxylic acids is 2. The average molecular weight is 408 g/mol. The molecule has 0 unspecified atom stereocenters. The van der Waals surface area contributed by atoms with E-state index in [-0.39, 0.29) is 24.1 Å². The second-order valence-electron chi connectivity index (χ2n) is 6.86. The van der Waals surface area contributed by atoms with Gasteiger partial charge >= 0.3 is 5.97 Å². The van der Waals surface area contributed by atoms with Gasteiger partial charge in [0.05, 0.1) is 7.11 Å². The molecule has 156 valence electrons. The van der Waals surface area contributed by atoms with E-state index in [0.29, 0.717) is 23.6 Å². The molecule has 2 aromatic carbocycles. The van der Waals surface area contributed by atoms with Crippen molar-refractivity contribution in [2.75, 3.05) is 20.3 Å². The zero-order chi connectivity index (χ0) is 21.7. The summed E-state index contributed by atoms with van der Waals surface area (Å²) in [4.78, 5) is 28.2. The fourth-order valence-electron chi connectivity index (χ4n) is 3.07. The van der Waals surface area contributed by atoms with Crippen LogP contribution in [-0.4, -0.2) is 38.0 Å². The van der Waals surface area contributed by atoms with Crippen LogP contribution >= 0.6 is 0 Å². The lowest BCUT2D eigenvalue weighted by molar-refractivity contribution is -0.130. The largest absolute Gasteiger partial charge is 0.493 e. The number of aliphatic imine (C=N–C) groups is 1. The second kappa shape index (κ2) is 9.26. The third-order valence-electron chi connectivity index (χ3n) is 4.31. The maximum absolute atomic E-state index is 12.3. The molecule has 0 aliphatic carbocycles. The summed E-state index contributed by atoms with van der Waals surface area (Å²) in [5.41, 5.74) is 3.77. The molecule has 0 fully saturated rings. The summed E-state index contributed by atoms with van der Waals surface area (Å²) >= 11 is 0. The number of benzene rings is 2. The minimum absolute atomic E-state index is 0.111. The fraction of sp³-hybridized carbons (Fsp3) is 0.261. The SMILES string of the molecule is CCNC(=O)COc1ccc(/C=C2\N=C(c3cc(C)cc(C)c3)OC2=O)cc1OC. The number of amides is 1. The molecule has 7 nitrogen and oxygen atoms in total. The molecule has 0 bridgehead atoms. The van der Waals surface area contributed by atoms with Crippen molar-refractivity contribution in [3.63, 3.8) is 0 Å². The standard InChI is InChI=1S/C23H24N2O5/c1-5-24-21(26)13-29-19-7-6-16(12-20(19)28-4)11-18-23(27)30-22(25-18)17-9-14(2)8-15(3)10-17/h6-12H,5,13H2,1-4H3,(H,24,26)/b18-11-. The second-order valence-corrected chi connectivity index (χ2v) is 6.86. The molecule has 1 aliphatic rings. The zero-order valence-corrected chi connectivity index (χ0v) is 17.4. The molecule has 0 saturated carbocycles. The molecule has 7 heteroatoms. The number of nitrogens with zero attached hydrogens (tertiary/aromatic N) is 1. The minimum Gasteiger partial charge on any atom is -0.493 e. The van der Waals surface area contributed by atoms with Gasteiger partial charge in [-0.3, -0.25) is 4.79 Å². The average Bonchev–Trinajstić information content (AvgIpc) is 3.07. The van der Waals surface area contributed by atoms with Crippen molar-refractivity contribution in [3.05, 3.63) is 64.3 Å². The van der Waals surface area contributed by atoms with Gasteiger partial charge in [0.15, 0.2) is 23.8 Å². The molecule has 1 amide bonds. The molecule has 1 N–H and O–H groups in total. The van der Waals surface area contributed by atoms with Crippen LogP contribution in [-0.2, 0) is 14.3 Å². The van der Waals surface area contributed by atoms with E-state index in [1.165, 1.54) is 7.11 Å². The number of rotatable bonds is 7. The number of hydrogen-bond donors (Lipinski definition) is 1. The number of cyclic esters (lactones) is 1. The molecular formula is C23H24N2O5. The van der Waals surface area contributed by atoms with Gasteiger partial charge in [0.25, 0.3) is 5.91 Å². The van der Waals surface area contributed by atoms with E-state index in [9.17, 15) is 9.59 Å². The Labute approximate surface area is 175 Å². The number of hydrogen-bond acceptors (Lipinski definition) is 6. The van der Waals surface area contributed by atoms with Crippen LogP contribution in [0.2, 0.25) is 0 Å². The molecule has 2 aromatic rings. The minimum atomic E-state index is -0.514. The van der Waals surface area contributed by atoms with Crippen LogP contribution < -0.4 is 14.8 Å². The normalized spacial score (nSPS) is 14.3. The van der Waals surface area contributed by atoms with Crippen molar-refractivity contribution in [1.82, 2.24) is 5.32 Å². The molecule has 30 heavy (non-hydrogen) atoms. The highest BCUT2D eigenvalue weighted by molar-refractivity contribution is 6.13. The summed E-state index contributed by atoms with van der Waals surface area (Å²) in [6.07, 6.45) is 1.62.